The van der Waals surface area contributed by atoms with Crippen molar-refractivity contribution in [3.63, 3.8) is 0 Å². The molecule has 0 bridgehead atoms. The molecule has 0 fully saturated rings. The highest BCUT2D eigenvalue weighted by molar-refractivity contribution is 6.17. The van der Waals surface area contributed by atoms with E-state index in [0.29, 0.717) is 23.3 Å². The minimum Gasteiger partial charge on any atom is -0.508 e. The smallest absolute Gasteiger partial charge is 0.197 e. The fraction of sp³-hybridized carbons (Fsp3) is 0.167. The molecule has 3 rings (SSSR count). The van der Waals surface area contributed by atoms with Crippen LogP contribution in [0.3, 0.4) is 0 Å². The van der Waals surface area contributed by atoms with E-state index >= 15 is 0 Å². The normalized spacial score (nSPS) is 11.0. The van der Waals surface area contributed by atoms with E-state index in [-0.39, 0.29) is 11.5 Å². The molecule has 0 aliphatic carbocycles. The molecule has 0 radical (unpaired) electrons. The van der Waals surface area contributed by atoms with Crippen LogP contribution in [0.1, 0.15) is 34.2 Å². The van der Waals surface area contributed by atoms with Crippen molar-refractivity contribution in [2.24, 2.45) is 0 Å². The standard InChI is InChI=1S/C18H16O3/c1-3-15-16(14-6-4-5-11(2)18(14)21-15)17(20)12-7-9-13(19)10-8-12/h4-10,19H,3H2,1-2H3. The minimum absolute atomic E-state index is 0.0730. The van der Waals surface area contributed by atoms with E-state index in [1.165, 1.54) is 12.1 Å². The highest BCUT2D eigenvalue weighted by Crippen LogP contribution is 2.30. The van der Waals surface area contributed by atoms with E-state index in [0.717, 1.165) is 16.5 Å². The maximum atomic E-state index is 12.8. The van der Waals surface area contributed by atoms with Crippen molar-refractivity contribution < 1.29 is 14.3 Å². The molecule has 3 nitrogen and oxygen atoms in total. The van der Waals surface area contributed by atoms with Crippen molar-refractivity contribution in [1.29, 1.82) is 0 Å². The van der Waals surface area contributed by atoms with Crippen LogP contribution in [0.4, 0.5) is 0 Å². The molecule has 0 aliphatic rings. The topological polar surface area (TPSA) is 50.4 Å². The molecule has 3 aromatic rings. The molecule has 0 unspecified atom stereocenters. The summed E-state index contributed by atoms with van der Waals surface area (Å²) in [7, 11) is 0. The summed E-state index contributed by atoms with van der Waals surface area (Å²) < 4.78 is 5.88. The van der Waals surface area contributed by atoms with Crippen molar-refractivity contribution in [2.75, 3.05) is 0 Å². The van der Waals surface area contributed by atoms with E-state index in [4.69, 9.17) is 4.42 Å². The number of aromatic hydroxyl groups is 1. The number of hydrogen-bond acceptors (Lipinski definition) is 3. The molecule has 1 N–H and O–H groups in total. The second-order valence-corrected chi connectivity index (χ2v) is 5.08. The van der Waals surface area contributed by atoms with Gasteiger partial charge in [0, 0.05) is 17.4 Å². The average molecular weight is 280 g/mol. The molecule has 0 saturated carbocycles. The Morgan fingerprint density at radius 3 is 2.52 bits per heavy atom. The third kappa shape index (κ3) is 2.21. The van der Waals surface area contributed by atoms with Gasteiger partial charge < -0.3 is 9.52 Å². The number of para-hydroxylation sites is 1. The van der Waals surface area contributed by atoms with Gasteiger partial charge in [-0.3, -0.25) is 4.79 Å². The molecule has 0 spiro atoms. The van der Waals surface area contributed by atoms with Crippen LogP contribution in [-0.2, 0) is 6.42 Å². The van der Waals surface area contributed by atoms with E-state index in [1.54, 1.807) is 12.1 Å². The number of fused-ring (bicyclic) bond motifs is 1. The summed E-state index contributed by atoms with van der Waals surface area (Å²) in [6.07, 6.45) is 0.660. The third-order valence-electron chi connectivity index (χ3n) is 3.66. The second-order valence-electron chi connectivity index (χ2n) is 5.08. The first kappa shape index (κ1) is 13.4. The first-order valence-corrected chi connectivity index (χ1v) is 6.96. The van der Waals surface area contributed by atoms with Crippen LogP contribution in [0.25, 0.3) is 11.0 Å². The summed E-state index contributed by atoms with van der Waals surface area (Å²) in [6.45, 7) is 3.95. The summed E-state index contributed by atoms with van der Waals surface area (Å²) in [5.41, 5.74) is 2.97. The first-order valence-electron chi connectivity index (χ1n) is 6.96. The van der Waals surface area contributed by atoms with E-state index < -0.39 is 0 Å². The maximum absolute atomic E-state index is 12.8. The largest absolute Gasteiger partial charge is 0.508 e. The zero-order valence-corrected chi connectivity index (χ0v) is 12.0. The van der Waals surface area contributed by atoms with Gasteiger partial charge in [-0.25, -0.2) is 0 Å². The number of aryl methyl sites for hydroxylation is 2. The van der Waals surface area contributed by atoms with Crippen LogP contribution in [0.5, 0.6) is 5.75 Å². The molecule has 21 heavy (non-hydrogen) atoms. The third-order valence-corrected chi connectivity index (χ3v) is 3.66. The van der Waals surface area contributed by atoms with Crippen LogP contribution in [0.15, 0.2) is 46.9 Å². The molecule has 106 valence electrons. The minimum atomic E-state index is -0.0730. The summed E-state index contributed by atoms with van der Waals surface area (Å²) >= 11 is 0. The van der Waals surface area contributed by atoms with Gasteiger partial charge in [-0.2, -0.15) is 0 Å². The number of phenolic OH excluding ortho intramolecular Hbond substituents is 1. The quantitative estimate of drug-likeness (QED) is 0.730. The van der Waals surface area contributed by atoms with Gasteiger partial charge in [0.1, 0.15) is 17.1 Å². The highest BCUT2D eigenvalue weighted by Gasteiger charge is 2.21. The van der Waals surface area contributed by atoms with Gasteiger partial charge in [-0.15, -0.1) is 0 Å². The molecule has 2 aromatic carbocycles. The van der Waals surface area contributed by atoms with Crippen LogP contribution < -0.4 is 0 Å². The number of rotatable bonds is 3. The molecule has 0 saturated heterocycles. The van der Waals surface area contributed by atoms with Crippen molar-refractivity contribution >= 4 is 16.8 Å². The molecule has 1 heterocycles. The van der Waals surface area contributed by atoms with E-state index in [1.807, 2.05) is 32.0 Å². The molecular formula is C18H16O3. The van der Waals surface area contributed by atoms with Gasteiger partial charge in [-0.1, -0.05) is 25.1 Å². The number of phenols is 1. The zero-order valence-electron chi connectivity index (χ0n) is 12.0. The Hall–Kier alpha value is -2.55. The second kappa shape index (κ2) is 5.09. The Balaban J connectivity index is 2.21. The van der Waals surface area contributed by atoms with Crippen molar-refractivity contribution in [1.82, 2.24) is 0 Å². The summed E-state index contributed by atoms with van der Waals surface area (Å²) in [5.74, 6) is 0.781. The number of hydrogen-bond donors (Lipinski definition) is 1. The lowest BCUT2D eigenvalue weighted by molar-refractivity contribution is 0.103. The highest BCUT2D eigenvalue weighted by atomic mass is 16.3. The zero-order chi connectivity index (χ0) is 15.0. The summed E-state index contributed by atoms with van der Waals surface area (Å²) in [4.78, 5) is 12.8. The number of carbonyl (C=O) groups is 1. The number of carbonyl (C=O) groups excluding carboxylic acids is 1. The van der Waals surface area contributed by atoms with Crippen LogP contribution in [0, 0.1) is 6.92 Å². The first-order chi connectivity index (χ1) is 10.1. The van der Waals surface area contributed by atoms with E-state index in [2.05, 4.69) is 0 Å². The van der Waals surface area contributed by atoms with Gasteiger partial charge in [0.2, 0.25) is 0 Å². The molecule has 3 heteroatoms. The number of benzene rings is 2. The Morgan fingerprint density at radius 2 is 1.86 bits per heavy atom. The Labute approximate surface area is 122 Å². The van der Waals surface area contributed by atoms with Crippen molar-refractivity contribution in [2.45, 2.75) is 20.3 Å². The summed E-state index contributed by atoms with van der Waals surface area (Å²) in [5, 5.41) is 10.2. The summed E-state index contributed by atoms with van der Waals surface area (Å²) in [6, 6.07) is 12.1. The predicted octanol–water partition coefficient (Wildman–Crippen LogP) is 4.24. The average Bonchev–Trinajstić information content (AvgIpc) is 2.87. The van der Waals surface area contributed by atoms with Crippen LogP contribution in [-0.4, -0.2) is 10.9 Å². The lowest BCUT2D eigenvalue weighted by atomic mass is 9.98. The number of ketones is 1. The van der Waals surface area contributed by atoms with E-state index in [9.17, 15) is 9.90 Å². The van der Waals surface area contributed by atoms with Crippen molar-refractivity contribution in [3.05, 3.63) is 64.9 Å². The maximum Gasteiger partial charge on any atom is 0.197 e. The van der Waals surface area contributed by atoms with Gasteiger partial charge >= 0.3 is 0 Å². The van der Waals surface area contributed by atoms with Gasteiger partial charge in [-0.05, 0) is 36.8 Å². The van der Waals surface area contributed by atoms with Gasteiger partial charge in [0.05, 0.1) is 5.56 Å². The van der Waals surface area contributed by atoms with Crippen LogP contribution >= 0.6 is 0 Å². The van der Waals surface area contributed by atoms with Crippen molar-refractivity contribution in [3.8, 4) is 5.75 Å². The van der Waals surface area contributed by atoms with Gasteiger partial charge in [0.25, 0.3) is 0 Å². The fourth-order valence-corrected chi connectivity index (χ4v) is 2.56. The lowest BCUT2D eigenvalue weighted by Gasteiger charge is -2.02. The fourth-order valence-electron chi connectivity index (χ4n) is 2.56. The van der Waals surface area contributed by atoms with Crippen LogP contribution in [0.2, 0.25) is 0 Å². The Kier molecular flexibility index (Phi) is 3.26. The Bertz CT molecular complexity index is 810. The molecular weight excluding hydrogens is 264 g/mol. The molecule has 0 aliphatic heterocycles. The lowest BCUT2D eigenvalue weighted by Crippen LogP contribution is -2.03. The predicted molar refractivity (Wildman–Crippen MR) is 81.9 cm³/mol. The number of furan rings is 1. The molecule has 0 atom stereocenters. The van der Waals surface area contributed by atoms with Gasteiger partial charge in [0.15, 0.2) is 5.78 Å². The SMILES string of the molecule is CCc1oc2c(C)cccc2c1C(=O)c1ccc(O)cc1. The Morgan fingerprint density at radius 1 is 1.14 bits per heavy atom. The monoisotopic (exact) mass is 280 g/mol. The molecule has 1 aromatic heterocycles. The molecule has 0 amide bonds.